The Morgan fingerprint density at radius 3 is 2.37 bits per heavy atom. The Morgan fingerprint density at radius 2 is 1.83 bits per heavy atom. The van der Waals surface area contributed by atoms with Gasteiger partial charge in [0.25, 0.3) is 11.8 Å². The van der Waals surface area contributed by atoms with E-state index in [2.05, 4.69) is 26.1 Å². The van der Waals surface area contributed by atoms with Crippen LogP contribution >= 0.6 is 11.3 Å². The number of anilines is 1. The monoisotopic (exact) mass is 430 g/mol. The average molecular weight is 431 g/mol. The van der Waals surface area contributed by atoms with E-state index in [1.54, 1.807) is 18.2 Å². The summed E-state index contributed by atoms with van der Waals surface area (Å²) in [6.45, 7) is 6.81. The summed E-state index contributed by atoms with van der Waals surface area (Å²) in [5.74, 6) is 0.744. The first-order chi connectivity index (χ1) is 14.2. The molecule has 3 rings (SSSR count). The van der Waals surface area contributed by atoms with Gasteiger partial charge in [-0.25, -0.2) is 0 Å². The third-order valence-electron chi connectivity index (χ3n) is 6.37. The largest absolute Gasteiger partial charge is 0.497 e. The lowest BCUT2D eigenvalue weighted by Gasteiger charge is -2.36. The van der Waals surface area contributed by atoms with E-state index in [0.29, 0.717) is 33.5 Å². The van der Waals surface area contributed by atoms with E-state index in [-0.39, 0.29) is 11.3 Å². The number of ether oxygens (including phenoxy) is 2. The highest BCUT2D eigenvalue weighted by Gasteiger charge is 2.35. The predicted molar refractivity (Wildman–Crippen MR) is 120 cm³/mol. The van der Waals surface area contributed by atoms with Crippen LogP contribution in [0.25, 0.3) is 0 Å². The van der Waals surface area contributed by atoms with Crippen molar-refractivity contribution in [1.82, 2.24) is 0 Å². The minimum absolute atomic E-state index is 0.231. The van der Waals surface area contributed by atoms with Crippen LogP contribution in [0.2, 0.25) is 0 Å². The summed E-state index contributed by atoms with van der Waals surface area (Å²) in [4.78, 5) is 26.3. The van der Waals surface area contributed by atoms with Crippen molar-refractivity contribution in [3.8, 4) is 11.5 Å². The number of primary amides is 1. The predicted octanol–water partition coefficient (Wildman–Crippen LogP) is 4.66. The standard InChI is InChI=1S/C23H30N2O4S/c1-6-23(2,3)14-7-8-17-18(11-14)30-22(19(17)20(24)26)25-21(27)13-9-15(28-4)12-16(10-13)29-5/h9-10,12,14H,6-8,11H2,1-5H3,(H2,24,26)(H,25,27)/t14-/m1/s1. The molecule has 0 unspecified atom stereocenters. The zero-order valence-corrected chi connectivity index (χ0v) is 19.1. The first-order valence-electron chi connectivity index (χ1n) is 10.2. The van der Waals surface area contributed by atoms with Gasteiger partial charge in [0.2, 0.25) is 0 Å². The van der Waals surface area contributed by atoms with Gasteiger partial charge >= 0.3 is 0 Å². The van der Waals surface area contributed by atoms with Crippen molar-refractivity contribution >= 4 is 28.2 Å². The fraction of sp³-hybridized carbons (Fsp3) is 0.478. The quantitative estimate of drug-likeness (QED) is 0.668. The first kappa shape index (κ1) is 22.2. The highest BCUT2D eigenvalue weighted by atomic mass is 32.1. The lowest BCUT2D eigenvalue weighted by atomic mass is 9.69. The van der Waals surface area contributed by atoms with Crippen LogP contribution < -0.4 is 20.5 Å². The van der Waals surface area contributed by atoms with Gasteiger partial charge in [-0.05, 0) is 48.3 Å². The molecule has 162 valence electrons. The molecule has 1 aromatic carbocycles. The van der Waals surface area contributed by atoms with E-state index in [0.717, 1.165) is 36.1 Å². The maximum Gasteiger partial charge on any atom is 0.256 e. The fourth-order valence-electron chi connectivity index (χ4n) is 4.00. The molecule has 1 heterocycles. The summed E-state index contributed by atoms with van der Waals surface area (Å²) >= 11 is 1.47. The Kier molecular flexibility index (Phi) is 6.41. The molecule has 30 heavy (non-hydrogen) atoms. The second kappa shape index (κ2) is 8.68. The van der Waals surface area contributed by atoms with E-state index in [1.807, 2.05) is 0 Å². The maximum atomic E-state index is 12.9. The lowest BCUT2D eigenvalue weighted by Crippen LogP contribution is -2.29. The van der Waals surface area contributed by atoms with Crippen molar-refractivity contribution in [1.29, 1.82) is 0 Å². The molecule has 0 spiro atoms. The van der Waals surface area contributed by atoms with Gasteiger partial charge in [0.05, 0.1) is 19.8 Å². The second-order valence-electron chi connectivity index (χ2n) is 8.41. The number of hydrogen-bond acceptors (Lipinski definition) is 5. The van der Waals surface area contributed by atoms with Crippen molar-refractivity contribution < 1.29 is 19.1 Å². The number of carbonyl (C=O) groups excluding carboxylic acids is 2. The van der Waals surface area contributed by atoms with Gasteiger partial charge in [0.15, 0.2) is 0 Å². The van der Waals surface area contributed by atoms with Crippen LogP contribution in [0.3, 0.4) is 0 Å². The molecule has 3 N–H and O–H groups in total. The van der Waals surface area contributed by atoms with Crippen molar-refractivity contribution in [3.63, 3.8) is 0 Å². The minimum Gasteiger partial charge on any atom is -0.497 e. The summed E-state index contributed by atoms with van der Waals surface area (Å²) in [5.41, 5.74) is 7.77. The first-order valence-corrected chi connectivity index (χ1v) is 11.0. The number of carbonyl (C=O) groups is 2. The Labute approximate surface area is 181 Å². The Bertz CT molecular complexity index is 942. The molecule has 1 atom stereocenters. The van der Waals surface area contributed by atoms with Crippen LogP contribution in [-0.4, -0.2) is 26.0 Å². The smallest absolute Gasteiger partial charge is 0.256 e. The molecule has 1 aromatic heterocycles. The molecule has 0 radical (unpaired) electrons. The van der Waals surface area contributed by atoms with E-state index in [1.165, 1.54) is 25.6 Å². The highest BCUT2D eigenvalue weighted by molar-refractivity contribution is 7.17. The van der Waals surface area contributed by atoms with Crippen molar-refractivity contribution in [2.24, 2.45) is 17.1 Å². The molecular formula is C23H30N2O4S. The lowest BCUT2D eigenvalue weighted by molar-refractivity contribution is 0.0999. The van der Waals surface area contributed by atoms with E-state index in [4.69, 9.17) is 15.2 Å². The summed E-state index contributed by atoms with van der Waals surface area (Å²) in [6.07, 6.45) is 3.83. The minimum atomic E-state index is -0.501. The summed E-state index contributed by atoms with van der Waals surface area (Å²) in [5, 5.41) is 3.43. The zero-order chi connectivity index (χ0) is 22.1. The Morgan fingerprint density at radius 1 is 1.20 bits per heavy atom. The molecule has 1 aliphatic rings. The van der Waals surface area contributed by atoms with Gasteiger partial charge in [0, 0.05) is 16.5 Å². The molecule has 0 bridgehead atoms. The topological polar surface area (TPSA) is 90.7 Å². The van der Waals surface area contributed by atoms with Crippen LogP contribution in [0.15, 0.2) is 18.2 Å². The molecule has 0 saturated carbocycles. The van der Waals surface area contributed by atoms with Crippen LogP contribution in [0.4, 0.5) is 5.00 Å². The molecule has 7 heteroatoms. The fourth-order valence-corrected chi connectivity index (χ4v) is 5.33. The van der Waals surface area contributed by atoms with Crippen LogP contribution in [0.5, 0.6) is 11.5 Å². The van der Waals surface area contributed by atoms with Crippen molar-refractivity contribution in [2.75, 3.05) is 19.5 Å². The molecule has 2 amide bonds. The number of rotatable bonds is 7. The number of nitrogens with two attached hydrogens (primary N) is 1. The van der Waals surface area contributed by atoms with E-state index in [9.17, 15) is 9.59 Å². The van der Waals surface area contributed by atoms with E-state index < -0.39 is 5.91 Å². The molecular weight excluding hydrogens is 400 g/mol. The van der Waals surface area contributed by atoms with Gasteiger partial charge < -0.3 is 20.5 Å². The Hall–Kier alpha value is -2.54. The second-order valence-corrected chi connectivity index (χ2v) is 9.51. The Balaban J connectivity index is 1.92. The molecule has 0 fully saturated rings. The molecule has 6 nitrogen and oxygen atoms in total. The number of nitrogens with one attached hydrogen (secondary N) is 1. The summed E-state index contributed by atoms with van der Waals surface area (Å²) in [7, 11) is 3.06. The molecule has 2 aromatic rings. The summed E-state index contributed by atoms with van der Waals surface area (Å²) < 4.78 is 10.5. The average Bonchev–Trinajstić information content (AvgIpc) is 3.10. The van der Waals surface area contributed by atoms with E-state index >= 15 is 0 Å². The maximum absolute atomic E-state index is 12.9. The van der Waals surface area contributed by atoms with Gasteiger partial charge in [0.1, 0.15) is 16.5 Å². The van der Waals surface area contributed by atoms with Crippen LogP contribution in [0.1, 0.15) is 64.8 Å². The number of hydrogen-bond donors (Lipinski definition) is 2. The van der Waals surface area contributed by atoms with Gasteiger partial charge in [-0.3, -0.25) is 9.59 Å². The van der Waals surface area contributed by atoms with Crippen molar-refractivity contribution in [2.45, 2.75) is 46.5 Å². The number of methoxy groups -OCH3 is 2. The zero-order valence-electron chi connectivity index (χ0n) is 18.3. The third kappa shape index (κ3) is 4.31. The number of thiophene rings is 1. The SMILES string of the molecule is CCC(C)(C)[C@@H]1CCc2c(sc(NC(=O)c3cc(OC)cc(OC)c3)c2C(N)=O)C1. The third-order valence-corrected chi connectivity index (χ3v) is 7.54. The number of amides is 2. The normalized spacial score (nSPS) is 16.0. The van der Waals surface area contributed by atoms with Gasteiger partial charge in [-0.15, -0.1) is 11.3 Å². The highest BCUT2D eigenvalue weighted by Crippen LogP contribution is 2.45. The molecule has 0 aliphatic heterocycles. The molecule has 0 saturated heterocycles. The van der Waals surface area contributed by atoms with Crippen molar-refractivity contribution in [3.05, 3.63) is 39.8 Å². The van der Waals surface area contributed by atoms with Gasteiger partial charge in [-0.1, -0.05) is 27.2 Å². The number of fused-ring (bicyclic) bond motifs is 1. The van der Waals surface area contributed by atoms with Crippen LogP contribution in [-0.2, 0) is 12.8 Å². The van der Waals surface area contributed by atoms with Crippen LogP contribution in [0, 0.1) is 11.3 Å². The number of benzene rings is 1. The van der Waals surface area contributed by atoms with Gasteiger partial charge in [-0.2, -0.15) is 0 Å². The summed E-state index contributed by atoms with van der Waals surface area (Å²) in [6, 6.07) is 4.97. The molecule has 1 aliphatic carbocycles.